The number of anilines is 1. The molecule has 0 aliphatic rings. The Morgan fingerprint density at radius 2 is 1.68 bits per heavy atom. The largest absolute Gasteiger partial charge is 0.491 e. The van der Waals surface area contributed by atoms with E-state index in [1.165, 1.54) is 0 Å². The average molecular weight is 521 g/mol. The lowest BCUT2D eigenvalue weighted by molar-refractivity contribution is 0.112. The topological polar surface area (TPSA) is 58.5 Å². The minimum Gasteiger partial charge on any atom is -0.491 e. The normalized spacial score (nSPS) is 11.3. The molecule has 0 radical (unpaired) electrons. The van der Waals surface area contributed by atoms with Crippen LogP contribution in [0.3, 0.4) is 0 Å². The maximum atomic E-state index is 10.7. The molecule has 4 rings (SSSR count). The van der Waals surface area contributed by atoms with Gasteiger partial charge in [-0.3, -0.25) is 0 Å². The van der Waals surface area contributed by atoms with Crippen LogP contribution in [0.5, 0.6) is 5.75 Å². The predicted molar refractivity (Wildman–Crippen MR) is 145 cm³/mol. The molecule has 4 aromatic rings. The number of fused-ring (bicyclic) bond motifs is 1. The van der Waals surface area contributed by atoms with Gasteiger partial charge in [-0.1, -0.05) is 54.1 Å². The van der Waals surface area contributed by atoms with Gasteiger partial charge in [-0.2, -0.15) is 0 Å². The van der Waals surface area contributed by atoms with Crippen molar-refractivity contribution in [1.29, 1.82) is 0 Å². The van der Waals surface area contributed by atoms with Crippen LogP contribution in [-0.2, 0) is 0 Å². The maximum absolute atomic E-state index is 10.7. The van der Waals surface area contributed by atoms with E-state index in [9.17, 15) is 5.11 Å². The standard InChI is InChI=1S/C26H26ClN3O2.2ClH/c1-3-30(16-20(31)17-32-21-13-14-23(27)18(2)15-21)26-22-11-7-8-12-24(22)28-25(29-26)19-9-5-4-6-10-19;;/h4-15,20,31H,3,16-17H2,1-2H3;2*1H. The van der Waals surface area contributed by atoms with Crippen LogP contribution in [0.4, 0.5) is 5.82 Å². The Morgan fingerprint density at radius 1 is 0.971 bits per heavy atom. The molecule has 1 N–H and O–H groups in total. The third-order valence-corrected chi connectivity index (χ3v) is 5.72. The van der Waals surface area contributed by atoms with Crippen LogP contribution in [0.1, 0.15) is 12.5 Å². The summed E-state index contributed by atoms with van der Waals surface area (Å²) in [5.41, 5.74) is 2.77. The molecule has 34 heavy (non-hydrogen) atoms. The minimum atomic E-state index is -0.695. The van der Waals surface area contributed by atoms with Crippen molar-refractivity contribution in [3.05, 3.63) is 83.4 Å². The number of nitrogens with zero attached hydrogens (tertiary/aromatic N) is 3. The molecule has 1 unspecified atom stereocenters. The molecule has 0 saturated heterocycles. The first-order valence-corrected chi connectivity index (χ1v) is 11.1. The van der Waals surface area contributed by atoms with E-state index in [2.05, 4.69) is 11.8 Å². The minimum absolute atomic E-state index is 0. The number of aliphatic hydroxyl groups is 1. The Balaban J connectivity index is 0.00000204. The first-order chi connectivity index (χ1) is 15.5. The second kappa shape index (κ2) is 12.8. The van der Waals surface area contributed by atoms with E-state index >= 15 is 0 Å². The van der Waals surface area contributed by atoms with Gasteiger partial charge >= 0.3 is 0 Å². The SMILES string of the molecule is CCN(CC(O)COc1ccc(Cl)c(C)c1)c1nc(-c2ccccc2)nc2ccccc12.Cl.Cl. The zero-order valence-electron chi connectivity index (χ0n) is 19.0. The second-order valence-corrected chi connectivity index (χ2v) is 8.08. The molecule has 0 amide bonds. The number of hydrogen-bond acceptors (Lipinski definition) is 5. The number of ether oxygens (including phenoxy) is 1. The Morgan fingerprint density at radius 3 is 2.38 bits per heavy atom. The summed E-state index contributed by atoms with van der Waals surface area (Å²) in [4.78, 5) is 11.7. The first kappa shape index (κ1) is 27.7. The number of halogens is 3. The Bertz CT molecular complexity index is 1210. The van der Waals surface area contributed by atoms with Gasteiger partial charge in [-0.15, -0.1) is 24.8 Å². The fraction of sp³-hybridized carbons (Fsp3) is 0.231. The molecule has 0 aliphatic heterocycles. The number of likely N-dealkylation sites (N-methyl/N-ethyl adjacent to an activating group) is 1. The third-order valence-electron chi connectivity index (χ3n) is 5.30. The number of para-hydroxylation sites is 1. The van der Waals surface area contributed by atoms with Gasteiger partial charge in [-0.05, 0) is 49.7 Å². The summed E-state index contributed by atoms with van der Waals surface area (Å²) in [7, 11) is 0. The maximum Gasteiger partial charge on any atom is 0.162 e. The summed E-state index contributed by atoms with van der Waals surface area (Å²) in [5, 5.41) is 12.4. The lowest BCUT2D eigenvalue weighted by Gasteiger charge is -2.26. The number of aryl methyl sites for hydroxylation is 1. The lowest BCUT2D eigenvalue weighted by Crippen LogP contribution is -2.36. The predicted octanol–water partition coefficient (Wildman–Crippen LogP) is 6.37. The molecular formula is C26H28Cl3N3O2. The number of rotatable bonds is 8. The Kier molecular flexibility index (Phi) is 10.4. The van der Waals surface area contributed by atoms with Crippen molar-refractivity contribution < 1.29 is 9.84 Å². The van der Waals surface area contributed by atoms with E-state index in [1.807, 2.05) is 73.7 Å². The van der Waals surface area contributed by atoms with Crippen LogP contribution in [0.25, 0.3) is 22.3 Å². The quantitative estimate of drug-likeness (QED) is 0.293. The van der Waals surface area contributed by atoms with Gasteiger partial charge in [-0.25, -0.2) is 9.97 Å². The second-order valence-electron chi connectivity index (χ2n) is 7.67. The summed E-state index contributed by atoms with van der Waals surface area (Å²) < 4.78 is 5.80. The van der Waals surface area contributed by atoms with E-state index < -0.39 is 6.10 Å². The van der Waals surface area contributed by atoms with Crippen LogP contribution in [0.2, 0.25) is 5.02 Å². The monoisotopic (exact) mass is 519 g/mol. The van der Waals surface area contributed by atoms with Gasteiger partial charge in [0.05, 0.1) is 5.52 Å². The van der Waals surface area contributed by atoms with Crippen LogP contribution >= 0.6 is 36.4 Å². The van der Waals surface area contributed by atoms with Crippen molar-refractivity contribution in [2.24, 2.45) is 0 Å². The summed E-state index contributed by atoms with van der Waals surface area (Å²) >= 11 is 6.08. The Labute approximate surface area is 217 Å². The first-order valence-electron chi connectivity index (χ1n) is 10.7. The van der Waals surface area contributed by atoms with Gasteiger partial charge in [0.25, 0.3) is 0 Å². The van der Waals surface area contributed by atoms with Crippen molar-refractivity contribution in [1.82, 2.24) is 9.97 Å². The van der Waals surface area contributed by atoms with Crippen molar-refractivity contribution in [2.45, 2.75) is 20.0 Å². The summed E-state index contributed by atoms with van der Waals surface area (Å²) in [6, 6.07) is 23.4. The molecule has 1 heterocycles. The molecule has 0 aliphatic carbocycles. The van der Waals surface area contributed by atoms with E-state index in [0.29, 0.717) is 29.7 Å². The number of benzene rings is 3. The molecule has 1 aromatic heterocycles. The molecule has 5 nitrogen and oxygen atoms in total. The van der Waals surface area contributed by atoms with Crippen molar-refractivity contribution in [3.63, 3.8) is 0 Å². The van der Waals surface area contributed by atoms with Gasteiger partial charge < -0.3 is 14.7 Å². The molecule has 3 aromatic carbocycles. The smallest absolute Gasteiger partial charge is 0.162 e. The number of aliphatic hydroxyl groups excluding tert-OH is 1. The fourth-order valence-corrected chi connectivity index (χ4v) is 3.71. The highest BCUT2D eigenvalue weighted by Gasteiger charge is 2.18. The van der Waals surface area contributed by atoms with E-state index in [0.717, 1.165) is 27.8 Å². The van der Waals surface area contributed by atoms with Crippen LogP contribution in [0.15, 0.2) is 72.8 Å². The van der Waals surface area contributed by atoms with Gasteiger partial charge in [0.15, 0.2) is 5.82 Å². The molecule has 0 spiro atoms. The molecular weight excluding hydrogens is 493 g/mol. The molecule has 180 valence electrons. The number of aromatic nitrogens is 2. The molecule has 1 atom stereocenters. The van der Waals surface area contributed by atoms with Crippen molar-refractivity contribution >= 4 is 53.1 Å². The average Bonchev–Trinajstić information content (AvgIpc) is 2.83. The van der Waals surface area contributed by atoms with Gasteiger partial charge in [0, 0.05) is 29.1 Å². The Hall–Kier alpha value is -2.57. The van der Waals surface area contributed by atoms with Gasteiger partial charge in [0.1, 0.15) is 24.3 Å². The lowest BCUT2D eigenvalue weighted by atomic mass is 10.1. The number of hydrogen-bond donors (Lipinski definition) is 1. The summed E-state index contributed by atoms with van der Waals surface area (Å²) in [5.74, 6) is 2.16. The highest BCUT2D eigenvalue weighted by atomic mass is 35.5. The van der Waals surface area contributed by atoms with E-state index in [4.69, 9.17) is 26.3 Å². The fourth-order valence-electron chi connectivity index (χ4n) is 3.59. The third kappa shape index (κ3) is 6.51. The summed E-state index contributed by atoms with van der Waals surface area (Å²) in [6.45, 7) is 5.22. The molecule has 0 bridgehead atoms. The molecule has 8 heteroatoms. The molecule has 0 saturated carbocycles. The molecule has 0 fully saturated rings. The highest BCUT2D eigenvalue weighted by Crippen LogP contribution is 2.28. The zero-order valence-corrected chi connectivity index (χ0v) is 21.4. The van der Waals surface area contributed by atoms with Crippen molar-refractivity contribution in [2.75, 3.05) is 24.6 Å². The van der Waals surface area contributed by atoms with Crippen molar-refractivity contribution in [3.8, 4) is 17.1 Å². The summed E-state index contributed by atoms with van der Waals surface area (Å²) in [6.07, 6.45) is -0.695. The van der Waals surface area contributed by atoms with Gasteiger partial charge in [0.2, 0.25) is 0 Å². The van der Waals surface area contributed by atoms with E-state index in [-0.39, 0.29) is 31.4 Å². The van der Waals surface area contributed by atoms with Crippen LogP contribution in [-0.4, -0.2) is 40.9 Å². The highest BCUT2D eigenvalue weighted by molar-refractivity contribution is 6.31. The van der Waals surface area contributed by atoms with Crippen LogP contribution in [0, 0.1) is 6.92 Å². The zero-order chi connectivity index (χ0) is 22.5. The van der Waals surface area contributed by atoms with E-state index in [1.54, 1.807) is 6.07 Å². The van der Waals surface area contributed by atoms with Crippen LogP contribution < -0.4 is 9.64 Å².